The van der Waals surface area contributed by atoms with Gasteiger partial charge in [-0.3, -0.25) is 19.7 Å². The number of carbonyl (C=O) groups excluding carboxylic acids is 3. The van der Waals surface area contributed by atoms with Gasteiger partial charge in [0.25, 0.3) is 11.6 Å². The number of nitrogen functional groups attached to an aromatic ring is 1. The van der Waals surface area contributed by atoms with Gasteiger partial charge in [0.15, 0.2) is 6.61 Å². The zero-order valence-electron chi connectivity index (χ0n) is 14.0. The van der Waals surface area contributed by atoms with E-state index in [1.165, 1.54) is 4.90 Å². The van der Waals surface area contributed by atoms with E-state index in [0.29, 0.717) is 6.54 Å². The lowest BCUT2D eigenvalue weighted by molar-refractivity contribution is -0.384. The minimum absolute atomic E-state index is 0.0785. The van der Waals surface area contributed by atoms with Crippen molar-refractivity contribution < 1.29 is 24.0 Å². The number of nitro groups is 1. The monoisotopic (exact) mass is 352 g/mol. The number of nitro benzene ring substituents is 1. The maximum absolute atomic E-state index is 12.0. The number of ether oxygens (including phenoxy) is 1. The van der Waals surface area contributed by atoms with E-state index in [0.717, 1.165) is 18.2 Å². The smallest absolute Gasteiger partial charge is 0.340 e. The molecule has 0 aliphatic carbocycles. The number of carbonyl (C=O) groups is 3. The highest BCUT2D eigenvalue weighted by atomic mass is 16.6. The van der Waals surface area contributed by atoms with Crippen LogP contribution in [0.5, 0.6) is 0 Å². The molecule has 0 spiro atoms. The van der Waals surface area contributed by atoms with Crippen LogP contribution in [0.2, 0.25) is 0 Å². The van der Waals surface area contributed by atoms with Gasteiger partial charge in [-0.2, -0.15) is 0 Å². The topological polar surface area (TPSA) is 145 Å². The fourth-order valence-electron chi connectivity index (χ4n) is 1.95. The highest BCUT2D eigenvalue weighted by molar-refractivity contribution is 5.97. The molecule has 1 aromatic carbocycles. The summed E-state index contributed by atoms with van der Waals surface area (Å²) in [6, 6.07) is 3.31. The Morgan fingerprint density at radius 1 is 1.32 bits per heavy atom. The lowest BCUT2D eigenvalue weighted by Crippen LogP contribution is -2.42. The number of nitrogens with zero attached hydrogens (tertiary/aromatic N) is 2. The Hall–Kier alpha value is -3.17. The van der Waals surface area contributed by atoms with Gasteiger partial charge in [0.05, 0.1) is 22.7 Å². The third-order valence-corrected chi connectivity index (χ3v) is 3.24. The number of amides is 2. The summed E-state index contributed by atoms with van der Waals surface area (Å²) in [5.41, 5.74) is 5.14. The molecule has 2 amide bonds. The van der Waals surface area contributed by atoms with Gasteiger partial charge in [-0.1, -0.05) is 0 Å². The predicted octanol–water partition coefficient (Wildman–Crippen LogP) is 0.318. The van der Waals surface area contributed by atoms with Crippen LogP contribution in [-0.2, 0) is 14.3 Å². The van der Waals surface area contributed by atoms with Crippen LogP contribution in [0.3, 0.4) is 0 Å². The summed E-state index contributed by atoms with van der Waals surface area (Å²) >= 11 is 0. The molecule has 0 saturated heterocycles. The second-order valence-electron chi connectivity index (χ2n) is 4.97. The van der Waals surface area contributed by atoms with Crippen molar-refractivity contribution in [3.05, 3.63) is 33.9 Å². The quantitative estimate of drug-likeness (QED) is 0.296. The number of nitrogens with one attached hydrogen (secondary N) is 1. The van der Waals surface area contributed by atoms with E-state index in [-0.39, 0.29) is 35.9 Å². The minimum atomic E-state index is -0.880. The number of rotatable bonds is 8. The van der Waals surface area contributed by atoms with Crippen molar-refractivity contribution >= 4 is 29.2 Å². The zero-order valence-corrected chi connectivity index (χ0v) is 14.0. The van der Waals surface area contributed by atoms with Gasteiger partial charge in [-0.05, 0) is 19.9 Å². The largest absolute Gasteiger partial charge is 0.452 e. The van der Waals surface area contributed by atoms with Gasteiger partial charge in [0.1, 0.15) is 0 Å². The van der Waals surface area contributed by atoms with Crippen molar-refractivity contribution in [1.82, 2.24) is 10.2 Å². The summed E-state index contributed by atoms with van der Waals surface area (Å²) in [7, 11) is 0. The first-order valence-electron chi connectivity index (χ1n) is 7.55. The Bertz CT molecular complexity index is 676. The van der Waals surface area contributed by atoms with Gasteiger partial charge in [-0.15, -0.1) is 0 Å². The highest BCUT2D eigenvalue weighted by Gasteiger charge is 2.20. The minimum Gasteiger partial charge on any atom is -0.452 e. The molecule has 3 N–H and O–H groups in total. The molecule has 0 unspecified atom stereocenters. The summed E-state index contributed by atoms with van der Waals surface area (Å²) in [5.74, 6) is -1.74. The third kappa shape index (κ3) is 5.75. The number of nitrogens with two attached hydrogens (primary N) is 1. The number of non-ortho nitro benzene ring substituents is 1. The molecule has 136 valence electrons. The number of esters is 1. The molecule has 10 nitrogen and oxygen atoms in total. The Morgan fingerprint density at radius 3 is 2.52 bits per heavy atom. The van der Waals surface area contributed by atoms with E-state index in [2.05, 4.69) is 5.32 Å². The molecular formula is C15H20N4O6. The van der Waals surface area contributed by atoms with Crippen molar-refractivity contribution in [3.63, 3.8) is 0 Å². The summed E-state index contributed by atoms with van der Waals surface area (Å²) in [6.07, 6.45) is 0. The van der Waals surface area contributed by atoms with E-state index in [1.54, 1.807) is 13.8 Å². The third-order valence-electron chi connectivity index (χ3n) is 3.24. The second-order valence-corrected chi connectivity index (χ2v) is 4.97. The molecule has 0 fully saturated rings. The molecule has 0 aliphatic rings. The normalized spacial score (nSPS) is 10.0. The molecule has 1 aromatic rings. The summed E-state index contributed by atoms with van der Waals surface area (Å²) in [6.45, 7) is 3.45. The van der Waals surface area contributed by atoms with Crippen molar-refractivity contribution in [1.29, 1.82) is 0 Å². The first kappa shape index (κ1) is 19.9. The molecule has 0 radical (unpaired) electrons. The molecule has 1 rings (SSSR count). The first-order valence-corrected chi connectivity index (χ1v) is 7.55. The fourth-order valence-corrected chi connectivity index (χ4v) is 1.95. The van der Waals surface area contributed by atoms with Crippen LogP contribution in [0.25, 0.3) is 0 Å². The molecule has 0 atom stereocenters. The Kier molecular flexibility index (Phi) is 7.32. The average molecular weight is 352 g/mol. The Labute approximate surface area is 144 Å². The van der Waals surface area contributed by atoms with Crippen molar-refractivity contribution in [2.75, 3.05) is 32.0 Å². The second kappa shape index (κ2) is 9.21. The number of likely N-dealkylation sites (N-methyl/N-ethyl adjacent to an activating group) is 2. The standard InChI is InChI=1S/C15H20N4O6/c1-3-17-13(20)8-18(4-2)14(21)9-25-15(22)11-6-5-10(19(23)24)7-12(11)16/h5-7H,3-4,8-9,16H2,1-2H3,(H,17,20). The highest BCUT2D eigenvalue weighted by Crippen LogP contribution is 2.20. The number of anilines is 1. The maximum atomic E-state index is 12.0. The molecule has 0 saturated carbocycles. The van der Waals surface area contributed by atoms with E-state index >= 15 is 0 Å². The van der Waals surface area contributed by atoms with Gasteiger partial charge < -0.3 is 20.7 Å². The molecule has 0 bridgehead atoms. The number of hydrogen-bond donors (Lipinski definition) is 2. The van der Waals surface area contributed by atoms with Crippen LogP contribution in [0, 0.1) is 10.1 Å². The average Bonchev–Trinajstić information content (AvgIpc) is 2.57. The predicted molar refractivity (Wildman–Crippen MR) is 88.7 cm³/mol. The molecule has 25 heavy (non-hydrogen) atoms. The van der Waals surface area contributed by atoms with Crippen LogP contribution >= 0.6 is 0 Å². The van der Waals surface area contributed by atoms with Crippen molar-refractivity contribution in [2.24, 2.45) is 0 Å². The van der Waals surface area contributed by atoms with Crippen LogP contribution in [0.15, 0.2) is 18.2 Å². The molecule has 10 heteroatoms. The summed E-state index contributed by atoms with van der Waals surface area (Å²) in [5, 5.41) is 13.2. The molecule has 0 aliphatic heterocycles. The van der Waals surface area contributed by atoms with Crippen molar-refractivity contribution in [3.8, 4) is 0 Å². The van der Waals surface area contributed by atoms with Crippen LogP contribution in [-0.4, -0.2) is 53.8 Å². The van der Waals surface area contributed by atoms with Crippen LogP contribution < -0.4 is 11.1 Å². The van der Waals surface area contributed by atoms with E-state index in [9.17, 15) is 24.5 Å². The number of hydrogen-bond acceptors (Lipinski definition) is 7. The Morgan fingerprint density at radius 2 is 2.00 bits per heavy atom. The van der Waals surface area contributed by atoms with Gasteiger partial charge in [-0.25, -0.2) is 4.79 Å². The van der Waals surface area contributed by atoms with E-state index in [4.69, 9.17) is 10.5 Å². The lowest BCUT2D eigenvalue weighted by atomic mass is 10.1. The van der Waals surface area contributed by atoms with E-state index in [1.807, 2.05) is 0 Å². The van der Waals surface area contributed by atoms with Gasteiger partial charge >= 0.3 is 5.97 Å². The molecular weight excluding hydrogens is 332 g/mol. The molecule has 0 heterocycles. The van der Waals surface area contributed by atoms with Crippen molar-refractivity contribution in [2.45, 2.75) is 13.8 Å². The SMILES string of the molecule is CCNC(=O)CN(CC)C(=O)COC(=O)c1ccc([N+](=O)[O-])cc1N. The maximum Gasteiger partial charge on any atom is 0.340 e. The molecule has 0 aromatic heterocycles. The fraction of sp³-hybridized carbons (Fsp3) is 0.400. The summed E-state index contributed by atoms with van der Waals surface area (Å²) < 4.78 is 4.88. The number of benzene rings is 1. The Balaban J connectivity index is 2.67. The lowest BCUT2D eigenvalue weighted by Gasteiger charge is -2.20. The first-order chi connectivity index (χ1) is 11.8. The van der Waals surface area contributed by atoms with Gasteiger partial charge in [0, 0.05) is 25.2 Å². The van der Waals surface area contributed by atoms with Crippen LogP contribution in [0.1, 0.15) is 24.2 Å². The van der Waals surface area contributed by atoms with E-state index < -0.39 is 23.4 Å². The summed E-state index contributed by atoms with van der Waals surface area (Å²) in [4.78, 5) is 46.7. The zero-order chi connectivity index (χ0) is 19.0. The van der Waals surface area contributed by atoms with Gasteiger partial charge in [0.2, 0.25) is 5.91 Å². The van der Waals surface area contributed by atoms with Crippen LogP contribution in [0.4, 0.5) is 11.4 Å².